The number of nitrogens with zero attached hydrogens (tertiary/aromatic N) is 4. The van der Waals surface area contributed by atoms with E-state index in [-0.39, 0.29) is 11.6 Å². The topological polar surface area (TPSA) is 69.6 Å². The summed E-state index contributed by atoms with van der Waals surface area (Å²) in [5.41, 5.74) is 7.14. The molecule has 4 aliphatic carbocycles. The Bertz CT molecular complexity index is 530. The van der Waals surface area contributed by atoms with Crippen LogP contribution in [0.1, 0.15) is 71.2 Å². The van der Waals surface area contributed by atoms with E-state index in [9.17, 15) is 0 Å². The van der Waals surface area contributed by atoms with Crippen molar-refractivity contribution in [2.24, 2.45) is 22.5 Å². The molecule has 0 amide bonds. The van der Waals surface area contributed by atoms with Gasteiger partial charge in [0.15, 0.2) is 5.82 Å². The van der Waals surface area contributed by atoms with Crippen LogP contribution in [0.5, 0.6) is 0 Å². The van der Waals surface area contributed by atoms with Gasteiger partial charge in [-0.3, -0.25) is 0 Å². The summed E-state index contributed by atoms with van der Waals surface area (Å²) in [7, 11) is 0. The van der Waals surface area contributed by atoms with Gasteiger partial charge >= 0.3 is 0 Å². The van der Waals surface area contributed by atoms with Crippen LogP contribution in [0.3, 0.4) is 0 Å². The Labute approximate surface area is 120 Å². The minimum absolute atomic E-state index is 0.0985. The van der Waals surface area contributed by atoms with Crippen molar-refractivity contribution in [2.45, 2.75) is 70.9 Å². The minimum Gasteiger partial charge on any atom is -0.322 e. The van der Waals surface area contributed by atoms with Gasteiger partial charge in [0.25, 0.3) is 0 Å². The van der Waals surface area contributed by atoms with E-state index in [1.54, 1.807) is 0 Å². The summed E-state index contributed by atoms with van der Waals surface area (Å²) in [6.45, 7) is 6.92. The van der Waals surface area contributed by atoms with Gasteiger partial charge in [-0.2, -0.15) is 0 Å². The third-order valence-corrected chi connectivity index (χ3v) is 5.95. The van der Waals surface area contributed by atoms with Gasteiger partial charge in [-0.05, 0) is 72.6 Å². The molecule has 0 aromatic carbocycles. The van der Waals surface area contributed by atoms with Gasteiger partial charge in [0.2, 0.25) is 0 Å². The molecule has 1 aromatic heterocycles. The van der Waals surface area contributed by atoms with Crippen molar-refractivity contribution in [3.05, 3.63) is 5.82 Å². The third kappa shape index (κ3) is 1.62. The second-order valence-electron chi connectivity index (χ2n) is 8.59. The van der Waals surface area contributed by atoms with Crippen molar-refractivity contribution in [1.82, 2.24) is 20.2 Å². The quantitative estimate of drug-likeness (QED) is 0.899. The molecule has 110 valence electrons. The molecule has 4 bridgehead atoms. The van der Waals surface area contributed by atoms with Crippen LogP contribution in [0.15, 0.2) is 0 Å². The standard InChI is InChI=1S/C15H25N5/c1-10(16)12-17-18-19-20(12)15-6-11-4-13(2,8-15)7-14(3,5-11)9-15/h10-11H,4-9,16H2,1-3H3. The Morgan fingerprint density at radius 1 is 1.15 bits per heavy atom. The van der Waals surface area contributed by atoms with Crippen LogP contribution in [-0.2, 0) is 5.54 Å². The minimum atomic E-state index is -0.0985. The van der Waals surface area contributed by atoms with E-state index in [0.29, 0.717) is 10.8 Å². The van der Waals surface area contributed by atoms with E-state index in [1.807, 2.05) is 6.92 Å². The molecule has 4 fully saturated rings. The molecule has 0 radical (unpaired) electrons. The lowest BCUT2D eigenvalue weighted by molar-refractivity contribution is -0.141. The highest BCUT2D eigenvalue weighted by Gasteiger charge is 2.61. The number of hydrogen-bond acceptors (Lipinski definition) is 4. The lowest BCUT2D eigenvalue weighted by Crippen LogP contribution is -2.59. The van der Waals surface area contributed by atoms with Gasteiger partial charge in [0.05, 0.1) is 11.6 Å². The molecule has 5 heteroatoms. The lowest BCUT2D eigenvalue weighted by atomic mass is 9.43. The monoisotopic (exact) mass is 275 g/mol. The number of aromatic nitrogens is 4. The molecule has 4 saturated carbocycles. The predicted molar refractivity (Wildman–Crippen MR) is 75.8 cm³/mol. The Morgan fingerprint density at radius 3 is 2.35 bits per heavy atom. The van der Waals surface area contributed by atoms with Crippen LogP contribution in [0.2, 0.25) is 0 Å². The summed E-state index contributed by atoms with van der Waals surface area (Å²) in [5.74, 6) is 1.70. The fourth-order valence-corrected chi connectivity index (χ4v) is 6.44. The van der Waals surface area contributed by atoms with Crippen molar-refractivity contribution < 1.29 is 0 Å². The van der Waals surface area contributed by atoms with E-state index >= 15 is 0 Å². The summed E-state index contributed by atoms with van der Waals surface area (Å²) < 4.78 is 2.11. The van der Waals surface area contributed by atoms with Gasteiger partial charge in [-0.25, -0.2) is 4.68 Å². The third-order valence-electron chi connectivity index (χ3n) is 5.95. The molecule has 5 rings (SSSR count). The van der Waals surface area contributed by atoms with Gasteiger partial charge < -0.3 is 5.73 Å². The highest BCUT2D eigenvalue weighted by Crippen LogP contribution is 2.68. The molecule has 3 unspecified atom stereocenters. The number of rotatable bonds is 2. The second kappa shape index (κ2) is 3.62. The maximum absolute atomic E-state index is 6.08. The summed E-state index contributed by atoms with van der Waals surface area (Å²) in [4.78, 5) is 0. The molecule has 5 nitrogen and oxygen atoms in total. The second-order valence-corrected chi connectivity index (χ2v) is 8.59. The van der Waals surface area contributed by atoms with E-state index in [0.717, 1.165) is 11.7 Å². The highest BCUT2D eigenvalue weighted by atomic mass is 15.6. The summed E-state index contributed by atoms with van der Waals surface area (Å²) in [6.07, 6.45) is 7.82. The summed E-state index contributed by atoms with van der Waals surface area (Å²) >= 11 is 0. The maximum atomic E-state index is 6.08. The van der Waals surface area contributed by atoms with Crippen LogP contribution >= 0.6 is 0 Å². The summed E-state index contributed by atoms with van der Waals surface area (Å²) in [5, 5.41) is 12.5. The molecule has 0 spiro atoms. The zero-order chi connectivity index (χ0) is 14.2. The maximum Gasteiger partial charge on any atom is 0.168 e. The molecule has 20 heavy (non-hydrogen) atoms. The molecule has 3 atom stereocenters. The lowest BCUT2D eigenvalue weighted by Gasteiger charge is -2.65. The van der Waals surface area contributed by atoms with Crippen molar-refractivity contribution in [1.29, 1.82) is 0 Å². The molecular formula is C15H25N5. The molecule has 0 saturated heterocycles. The van der Waals surface area contributed by atoms with Gasteiger partial charge in [0, 0.05) is 0 Å². The fourth-order valence-electron chi connectivity index (χ4n) is 6.44. The van der Waals surface area contributed by atoms with Crippen LogP contribution in [-0.4, -0.2) is 20.2 Å². The van der Waals surface area contributed by atoms with Crippen LogP contribution in [0.4, 0.5) is 0 Å². The predicted octanol–water partition coefficient (Wildman–Crippen LogP) is 2.40. The van der Waals surface area contributed by atoms with Crippen LogP contribution < -0.4 is 5.73 Å². The Hall–Kier alpha value is -0.970. The van der Waals surface area contributed by atoms with E-state index in [4.69, 9.17) is 5.73 Å². The van der Waals surface area contributed by atoms with Crippen molar-refractivity contribution in [3.8, 4) is 0 Å². The number of tetrazole rings is 1. The van der Waals surface area contributed by atoms with Crippen LogP contribution in [0, 0.1) is 16.7 Å². The normalized spacial score (nSPS) is 47.7. The molecule has 0 aliphatic heterocycles. The SMILES string of the molecule is CC(N)c1nnnn1C12CC3CC(C)(CC(C)(C3)C1)C2. The van der Waals surface area contributed by atoms with Gasteiger partial charge in [0.1, 0.15) is 0 Å². The average Bonchev–Trinajstić information content (AvgIpc) is 2.72. The Balaban J connectivity index is 1.83. The van der Waals surface area contributed by atoms with Crippen molar-refractivity contribution in [2.75, 3.05) is 0 Å². The smallest absolute Gasteiger partial charge is 0.168 e. The largest absolute Gasteiger partial charge is 0.322 e. The summed E-state index contributed by atoms with van der Waals surface area (Å²) in [6, 6.07) is -0.0985. The molecule has 4 aliphatic rings. The van der Waals surface area contributed by atoms with E-state index in [2.05, 4.69) is 34.1 Å². The number of hydrogen-bond donors (Lipinski definition) is 1. The van der Waals surface area contributed by atoms with Crippen molar-refractivity contribution >= 4 is 0 Å². The fraction of sp³-hybridized carbons (Fsp3) is 0.933. The number of nitrogens with two attached hydrogens (primary N) is 1. The molecule has 1 aromatic rings. The molecular weight excluding hydrogens is 250 g/mol. The Kier molecular flexibility index (Phi) is 2.30. The van der Waals surface area contributed by atoms with Gasteiger partial charge in [-0.1, -0.05) is 13.8 Å². The molecule has 1 heterocycles. The van der Waals surface area contributed by atoms with Crippen LogP contribution in [0.25, 0.3) is 0 Å². The first-order chi connectivity index (χ1) is 9.33. The zero-order valence-corrected chi connectivity index (χ0v) is 12.8. The van der Waals surface area contributed by atoms with E-state index < -0.39 is 0 Å². The highest BCUT2D eigenvalue weighted by molar-refractivity contribution is 5.14. The molecule has 2 N–H and O–H groups in total. The first-order valence-corrected chi connectivity index (χ1v) is 7.88. The Morgan fingerprint density at radius 2 is 1.80 bits per heavy atom. The average molecular weight is 275 g/mol. The first kappa shape index (κ1) is 12.7. The zero-order valence-electron chi connectivity index (χ0n) is 12.8. The van der Waals surface area contributed by atoms with E-state index in [1.165, 1.54) is 38.5 Å². The van der Waals surface area contributed by atoms with Gasteiger partial charge in [-0.15, -0.1) is 5.10 Å². The van der Waals surface area contributed by atoms with Crippen molar-refractivity contribution in [3.63, 3.8) is 0 Å². The first-order valence-electron chi connectivity index (χ1n) is 7.88.